The fourth-order valence-corrected chi connectivity index (χ4v) is 11.1. The Hall–Kier alpha value is -3.10. The second-order valence-electron chi connectivity index (χ2n) is 25.6. The van der Waals surface area contributed by atoms with Crippen LogP contribution in [-0.2, 0) is 18.4 Å². The lowest BCUT2D eigenvalue weighted by molar-refractivity contribution is -0.870. The smallest absolute Gasteiger partial charge is 0.268 e. The first kappa shape index (κ1) is 83.9. The summed E-state index contributed by atoms with van der Waals surface area (Å²) in [6.45, 7) is 4.61. The van der Waals surface area contributed by atoms with E-state index in [1.165, 1.54) is 173 Å². The molecule has 3 unspecified atom stereocenters. The van der Waals surface area contributed by atoms with Gasteiger partial charge in [-0.2, -0.15) is 0 Å². The fraction of sp³-hybridized carbons (Fsp3) is 0.731. The summed E-state index contributed by atoms with van der Waals surface area (Å²) in [4.78, 5) is 25.7. The molecule has 0 aliphatic carbocycles. The zero-order chi connectivity index (χ0) is 63.4. The molecule has 0 bridgehead atoms. The van der Waals surface area contributed by atoms with E-state index in [-0.39, 0.29) is 19.1 Å². The average Bonchev–Trinajstić information content (AvgIpc) is 3.70. The lowest BCUT2D eigenvalue weighted by Gasteiger charge is -2.30. The highest BCUT2D eigenvalue weighted by Gasteiger charge is 2.24. The van der Waals surface area contributed by atoms with Crippen LogP contribution in [-0.4, -0.2) is 68.5 Å². The molecule has 1 amide bonds. The number of nitrogens with one attached hydrogen (secondary N) is 1. The maximum Gasteiger partial charge on any atom is 0.268 e. The third-order valence-electron chi connectivity index (χ3n) is 16.0. The summed E-state index contributed by atoms with van der Waals surface area (Å²) >= 11 is 0. The quantitative estimate of drug-likeness (QED) is 0.0272. The molecule has 0 aliphatic rings. The zero-order valence-corrected chi connectivity index (χ0v) is 58.3. The van der Waals surface area contributed by atoms with Gasteiger partial charge in [-0.3, -0.25) is 9.36 Å². The van der Waals surface area contributed by atoms with Gasteiger partial charge in [-0.15, -0.1) is 0 Å². The number of phosphoric acid groups is 1. The number of phosphoric ester groups is 1. The first-order chi connectivity index (χ1) is 42.5. The van der Waals surface area contributed by atoms with E-state index in [4.69, 9.17) is 9.05 Å². The summed E-state index contributed by atoms with van der Waals surface area (Å²) in [6, 6.07) is -0.826. The molecule has 0 aromatic carbocycles. The molecule has 87 heavy (non-hydrogen) atoms. The van der Waals surface area contributed by atoms with Crippen LogP contribution in [0.25, 0.3) is 0 Å². The number of carbonyl (C=O) groups excluding carboxylic acids is 1. The standard InChI is InChI=1S/C78H139N2O6P/c1-6-8-10-12-14-16-18-20-22-24-26-28-30-32-34-36-38-39-40-41-42-44-46-48-50-52-54-56-58-60-62-64-66-68-70-72-78(82)79-76(75-86-87(83,84)85-74-73-80(3,4)5)77(81)71-69-67-65-63-61-59-57-55-53-51-49-47-45-43-37-35-33-31-29-27-25-23-21-19-17-15-13-11-9-7-2/h8,10,14,16,20,22,26,28,32,34,38-39,41-42,46,48,52,54,58,60,76-77,81H,6-7,9,11-13,15,17-19,21,23-25,27,29-31,33,35-37,40,43-45,47,49-51,53,55-57,59,61-75H2,1-5H3,(H-,79,82,83,84)/b10-8-,16-14-,22-20-,28-26-,34-32-,39-38-,42-41-,48-46-,54-52-,60-58-. The number of likely N-dealkylation sites (N-methyl/N-ethyl adjacent to an activating group) is 1. The Labute approximate surface area is 539 Å². The van der Waals surface area contributed by atoms with Crippen molar-refractivity contribution in [2.24, 2.45) is 0 Å². The van der Waals surface area contributed by atoms with E-state index in [0.717, 1.165) is 116 Å². The van der Waals surface area contributed by atoms with E-state index in [1.54, 1.807) is 0 Å². The van der Waals surface area contributed by atoms with Gasteiger partial charge in [0.1, 0.15) is 13.2 Å². The summed E-state index contributed by atoms with van der Waals surface area (Å²) in [5, 5.41) is 14.1. The minimum Gasteiger partial charge on any atom is -0.756 e. The van der Waals surface area contributed by atoms with Crippen LogP contribution in [0, 0.1) is 0 Å². The number of rotatable bonds is 66. The maximum absolute atomic E-state index is 13.1. The molecule has 0 aromatic rings. The number of allylic oxidation sites excluding steroid dienone is 20. The molecule has 3 atom stereocenters. The van der Waals surface area contributed by atoms with Gasteiger partial charge in [0, 0.05) is 6.42 Å². The monoisotopic (exact) mass is 1230 g/mol. The first-order valence-electron chi connectivity index (χ1n) is 36.4. The topological polar surface area (TPSA) is 108 Å². The van der Waals surface area contributed by atoms with E-state index in [1.807, 2.05) is 21.1 Å². The van der Waals surface area contributed by atoms with Crippen LogP contribution in [0.15, 0.2) is 122 Å². The lowest BCUT2D eigenvalue weighted by atomic mass is 10.0. The first-order valence-corrected chi connectivity index (χ1v) is 37.8. The molecular formula is C78H139N2O6P. The van der Waals surface area contributed by atoms with Gasteiger partial charge in [-0.1, -0.05) is 341 Å². The van der Waals surface area contributed by atoms with Gasteiger partial charge in [-0.05, 0) is 89.9 Å². The van der Waals surface area contributed by atoms with Crippen LogP contribution in [0.3, 0.4) is 0 Å². The summed E-state index contributed by atoms with van der Waals surface area (Å²) in [5.41, 5.74) is 0. The number of hydrogen-bond acceptors (Lipinski definition) is 6. The van der Waals surface area contributed by atoms with Crippen LogP contribution in [0.2, 0.25) is 0 Å². The number of carbonyl (C=O) groups is 1. The molecule has 0 aliphatic heterocycles. The van der Waals surface area contributed by atoms with E-state index >= 15 is 0 Å². The van der Waals surface area contributed by atoms with Crippen LogP contribution < -0.4 is 10.2 Å². The number of nitrogens with zero attached hydrogens (tertiary/aromatic N) is 1. The van der Waals surface area contributed by atoms with Crippen molar-refractivity contribution < 1.29 is 32.9 Å². The van der Waals surface area contributed by atoms with Crippen molar-refractivity contribution in [1.82, 2.24) is 5.32 Å². The molecule has 0 fully saturated rings. The highest BCUT2D eigenvalue weighted by atomic mass is 31.2. The molecule has 8 nitrogen and oxygen atoms in total. The summed E-state index contributed by atoms with van der Waals surface area (Å²) < 4.78 is 23.5. The van der Waals surface area contributed by atoms with Crippen LogP contribution in [0.5, 0.6) is 0 Å². The van der Waals surface area contributed by atoms with Crippen molar-refractivity contribution in [1.29, 1.82) is 0 Å². The minimum absolute atomic E-state index is 0.000964. The molecular weight excluding hydrogens is 1090 g/mol. The zero-order valence-electron chi connectivity index (χ0n) is 57.4. The lowest BCUT2D eigenvalue weighted by Crippen LogP contribution is -2.46. The molecule has 0 radical (unpaired) electrons. The van der Waals surface area contributed by atoms with E-state index in [9.17, 15) is 19.4 Å². The molecule has 0 spiro atoms. The number of hydrogen-bond donors (Lipinski definition) is 2. The van der Waals surface area contributed by atoms with Gasteiger partial charge in [-0.25, -0.2) is 0 Å². The van der Waals surface area contributed by atoms with Gasteiger partial charge in [0.15, 0.2) is 0 Å². The van der Waals surface area contributed by atoms with Crippen LogP contribution >= 0.6 is 7.82 Å². The van der Waals surface area contributed by atoms with Gasteiger partial charge < -0.3 is 28.8 Å². The highest BCUT2D eigenvalue weighted by molar-refractivity contribution is 7.45. The van der Waals surface area contributed by atoms with E-state index in [2.05, 4.69) is 141 Å². The summed E-state index contributed by atoms with van der Waals surface area (Å²) in [6.07, 6.45) is 100.0. The normalized spacial score (nSPS) is 14.3. The van der Waals surface area contributed by atoms with Gasteiger partial charge in [0.05, 0.1) is 39.9 Å². The Morgan fingerprint density at radius 2 is 0.701 bits per heavy atom. The molecule has 0 heterocycles. The van der Waals surface area contributed by atoms with Gasteiger partial charge in [0.25, 0.3) is 7.82 Å². The number of unbranched alkanes of at least 4 members (excludes halogenated alkanes) is 33. The molecule has 0 saturated heterocycles. The maximum atomic E-state index is 13.1. The second-order valence-corrected chi connectivity index (χ2v) is 27.0. The predicted octanol–water partition coefficient (Wildman–Crippen LogP) is 23.0. The highest BCUT2D eigenvalue weighted by Crippen LogP contribution is 2.38. The largest absolute Gasteiger partial charge is 0.756 e. The van der Waals surface area contributed by atoms with Crippen molar-refractivity contribution in [3.05, 3.63) is 122 Å². The van der Waals surface area contributed by atoms with Crippen molar-refractivity contribution in [2.45, 2.75) is 328 Å². The molecule has 0 rings (SSSR count). The third-order valence-corrected chi connectivity index (χ3v) is 16.9. The Morgan fingerprint density at radius 3 is 1.02 bits per heavy atom. The minimum atomic E-state index is -4.60. The second kappa shape index (κ2) is 67.3. The molecule has 0 aromatic heterocycles. The number of quaternary nitrogens is 1. The molecule has 502 valence electrons. The van der Waals surface area contributed by atoms with Gasteiger partial charge in [0.2, 0.25) is 5.91 Å². The van der Waals surface area contributed by atoms with E-state index in [0.29, 0.717) is 23.9 Å². The number of amides is 1. The fourth-order valence-electron chi connectivity index (χ4n) is 10.4. The molecule has 2 N–H and O–H groups in total. The summed E-state index contributed by atoms with van der Waals surface area (Å²) in [5.74, 6) is -0.190. The predicted molar refractivity (Wildman–Crippen MR) is 380 cm³/mol. The van der Waals surface area contributed by atoms with Crippen molar-refractivity contribution in [3.8, 4) is 0 Å². The Bertz CT molecular complexity index is 1840. The van der Waals surface area contributed by atoms with Crippen molar-refractivity contribution >= 4 is 13.7 Å². The SMILES string of the molecule is CC/C=C\C/C=C\C/C=C\C/C=C\C/C=C\C/C=C\C/C=C\C/C=C\C/C=C\C/C=C\CCCCCCC(=O)NC(COP(=O)([O-])OCC[N+](C)(C)C)C(O)CCCCCCCCCCCCCCCCCCCCCCCCCCCCCCCC. The Kier molecular flexibility index (Phi) is 64.9. The van der Waals surface area contributed by atoms with E-state index < -0.39 is 20.0 Å². The Balaban J connectivity index is 4.14. The number of aliphatic hydroxyl groups is 1. The average molecular weight is 1230 g/mol. The third kappa shape index (κ3) is 70.2. The van der Waals surface area contributed by atoms with Gasteiger partial charge >= 0.3 is 0 Å². The van der Waals surface area contributed by atoms with Crippen molar-refractivity contribution in [3.63, 3.8) is 0 Å². The molecule has 9 heteroatoms. The number of aliphatic hydroxyl groups excluding tert-OH is 1. The van der Waals surface area contributed by atoms with Crippen molar-refractivity contribution in [2.75, 3.05) is 40.9 Å². The van der Waals surface area contributed by atoms with Crippen LogP contribution in [0.1, 0.15) is 316 Å². The van der Waals surface area contributed by atoms with Crippen LogP contribution in [0.4, 0.5) is 0 Å². The summed E-state index contributed by atoms with van der Waals surface area (Å²) in [7, 11) is 1.28. The molecule has 0 saturated carbocycles. The Morgan fingerprint density at radius 1 is 0.414 bits per heavy atom.